The molecule has 1 aromatic heterocycles. The number of amides is 2. The predicted octanol–water partition coefficient (Wildman–Crippen LogP) is 2.22. The van der Waals surface area contributed by atoms with Crippen LogP contribution >= 0.6 is 11.6 Å². The predicted molar refractivity (Wildman–Crippen MR) is 165 cm³/mol. The summed E-state index contributed by atoms with van der Waals surface area (Å²) in [7, 11) is 1.31. The highest BCUT2D eigenvalue weighted by atomic mass is 35.5. The SMILES string of the molecule is COC(=O)NCCCCCC(=O)OCCOCCOc1ccc(CCCCN=C(N)NC(=O)c2nc(Cl)c(N)nc2N)cc1. The molecular formula is C28H41ClN8O7. The largest absolute Gasteiger partial charge is 0.491 e. The van der Waals surface area contributed by atoms with Gasteiger partial charge in [-0.15, -0.1) is 0 Å². The molecule has 44 heavy (non-hydrogen) atoms. The van der Waals surface area contributed by atoms with Crippen molar-refractivity contribution in [3.63, 3.8) is 0 Å². The molecule has 8 N–H and O–H groups in total. The van der Waals surface area contributed by atoms with E-state index >= 15 is 0 Å². The van der Waals surface area contributed by atoms with Crippen molar-refractivity contribution in [3.8, 4) is 5.75 Å². The van der Waals surface area contributed by atoms with Gasteiger partial charge in [0.05, 0.1) is 20.3 Å². The zero-order chi connectivity index (χ0) is 32.2. The number of aromatic nitrogens is 2. The number of ether oxygens (including phenoxy) is 4. The lowest BCUT2D eigenvalue weighted by Crippen LogP contribution is -2.38. The molecule has 1 aromatic carbocycles. The van der Waals surface area contributed by atoms with Gasteiger partial charge in [0.2, 0.25) is 0 Å². The second-order valence-corrected chi connectivity index (χ2v) is 9.72. The number of aliphatic imine (C=N–C) groups is 1. The lowest BCUT2D eigenvalue weighted by Gasteiger charge is -2.09. The summed E-state index contributed by atoms with van der Waals surface area (Å²) < 4.78 is 20.8. The van der Waals surface area contributed by atoms with E-state index in [9.17, 15) is 14.4 Å². The van der Waals surface area contributed by atoms with Gasteiger partial charge >= 0.3 is 12.1 Å². The van der Waals surface area contributed by atoms with Gasteiger partial charge in [-0.3, -0.25) is 19.9 Å². The number of unbranched alkanes of at least 4 members (excludes halogenated alkanes) is 3. The van der Waals surface area contributed by atoms with Crippen LogP contribution in [0.5, 0.6) is 5.75 Å². The van der Waals surface area contributed by atoms with E-state index in [1.807, 2.05) is 24.3 Å². The number of aryl methyl sites for hydroxylation is 1. The lowest BCUT2D eigenvalue weighted by molar-refractivity contribution is -0.145. The highest BCUT2D eigenvalue weighted by Crippen LogP contribution is 2.17. The summed E-state index contributed by atoms with van der Waals surface area (Å²) >= 11 is 5.79. The third-order valence-corrected chi connectivity index (χ3v) is 6.22. The maximum absolute atomic E-state index is 12.3. The molecule has 0 aliphatic rings. The maximum atomic E-state index is 12.3. The summed E-state index contributed by atoms with van der Waals surface area (Å²) in [6.07, 6.45) is 4.59. The molecule has 0 aliphatic heterocycles. The number of hydrogen-bond acceptors (Lipinski definition) is 12. The summed E-state index contributed by atoms with van der Waals surface area (Å²) in [6, 6.07) is 7.78. The number of esters is 1. The number of nitrogens with two attached hydrogens (primary N) is 3. The fraction of sp³-hybridized carbons (Fsp3) is 0.500. The Morgan fingerprint density at radius 1 is 0.932 bits per heavy atom. The normalized spacial score (nSPS) is 11.1. The number of halogens is 1. The summed E-state index contributed by atoms with van der Waals surface area (Å²) in [5, 5.41) is 4.86. The Balaban J connectivity index is 1.49. The molecule has 2 aromatic rings. The number of guanidine groups is 1. The topological polar surface area (TPSA) is 228 Å². The monoisotopic (exact) mass is 636 g/mol. The van der Waals surface area contributed by atoms with Crippen molar-refractivity contribution in [2.75, 3.05) is 58.1 Å². The van der Waals surface area contributed by atoms with E-state index in [0.29, 0.717) is 45.8 Å². The van der Waals surface area contributed by atoms with Crippen molar-refractivity contribution in [3.05, 3.63) is 40.7 Å². The number of nitrogens with one attached hydrogen (secondary N) is 2. The smallest absolute Gasteiger partial charge is 0.406 e. The number of carbonyl (C=O) groups excluding carboxylic acids is 3. The molecule has 0 aliphatic carbocycles. The van der Waals surface area contributed by atoms with Gasteiger partial charge in [0.15, 0.2) is 28.4 Å². The van der Waals surface area contributed by atoms with E-state index in [2.05, 4.69) is 30.3 Å². The van der Waals surface area contributed by atoms with Gasteiger partial charge in [-0.2, -0.15) is 0 Å². The first-order valence-electron chi connectivity index (χ1n) is 14.2. The molecule has 0 atom stereocenters. The Hall–Kier alpha value is -4.37. The Morgan fingerprint density at radius 2 is 1.68 bits per heavy atom. The van der Waals surface area contributed by atoms with Crippen molar-refractivity contribution in [2.24, 2.45) is 10.7 Å². The van der Waals surface area contributed by atoms with Crippen LogP contribution in [0.25, 0.3) is 0 Å². The first kappa shape index (κ1) is 35.8. The van der Waals surface area contributed by atoms with Crippen LogP contribution in [-0.2, 0) is 25.4 Å². The van der Waals surface area contributed by atoms with Crippen LogP contribution in [0.2, 0.25) is 5.15 Å². The number of alkyl carbamates (subject to hydrolysis) is 1. The van der Waals surface area contributed by atoms with Crippen LogP contribution in [-0.4, -0.2) is 80.5 Å². The van der Waals surface area contributed by atoms with E-state index in [1.54, 1.807) is 0 Å². The molecular weight excluding hydrogens is 596 g/mol. The fourth-order valence-electron chi connectivity index (χ4n) is 3.66. The average molecular weight is 637 g/mol. The molecule has 0 bridgehead atoms. The zero-order valence-electron chi connectivity index (χ0n) is 24.8. The van der Waals surface area contributed by atoms with E-state index in [4.69, 9.17) is 43.0 Å². The van der Waals surface area contributed by atoms with Gasteiger partial charge < -0.3 is 41.5 Å². The summed E-state index contributed by atoms with van der Waals surface area (Å²) in [5.74, 6) is -0.520. The van der Waals surface area contributed by atoms with E-state index in [1.165, 1.54) is 7.11 Å². The number of rotatable bonds is 19. The minimum Gasteiger partial charge on any atom is -0.491 e. The van der Waals surface area contributed by atoms with Gasteiger partial charge in [0.25, 0.3) is 5.91 Å². The standard InChI is InChI=1S/C28H41ClN8O7/c1-41-28(40)34-14-5-2-3-8-21(38)44-18-16-42-15-17-43-20-11-9-19(10-12-20)7-4-6-13-33-27(32)37-26(39)22-24(30)36-25(31)23(29)35-22/h9-12H,2-8,13-18H2,1H3,(H,34,40)(H4,30,31,36)(H3,32,33,37,39). The molecule has 0 radical (unpaired) electrons. The van der Waals surface area contributed by atoms with E-state index in [0.717, 1.165) is 43.4 Å². The van der Waals surface area contributed by atoms with Crippen molar-refractivity contribution in [1.29, 1.82) is 0 Å². The molecule has 15 nitrogen and oxygen atoms in total. The lowest BCUT2D eigenvalue weighted by atomic mass is 10.1. The Bertz CT molecular complexity index is 1230. The number of methoxy groups -OCH3 is 1. The Labute approximate surface area is 261 Å². The molecule has 0 saturated carbocycles. The van der Waals surface area contributed by atoms with E-state index < -0.39 is 12.0 Å². The Kier molecular flexibility index (Phi) is 16.7. The quantitative estimate of drug-likeness (QED) is 0.0647. The van der Waals surface area contributed by atoms with Gasteiger partial charge in [-0.25, -0.2) is 14.8 Å². The number of hydrogen-bond donors (Lipinski definition) is 5. The molecule has 0 fully saturated rings. The minimum atomic E-state index is -0.681. The van der Waals surface area contributed by atoms with Crippen LogP contribution in [0.4, 0.5) is 16.4 Å². The number of anilines is 2. The van der Waals surface area contributed by atoms with Gasteiger partial charge in [0.1, 0.15) is 19.0 Å². The zero-order valence-corrected chi connectivity index (χ0v) is 25.6. The molecule has 16 heteroatoms. The number of nitrogen functional groups attached to an aromatic ring is 2. The first-order valence-corrected chi connectivity index (χ1v) is 14.5. The van der Waals surface area contributed by atoms with E-state index in [-0.39, 0.29) is 41.0 Å². The Morgan fingerprint density at radius 3 is 2.43 bits per heavy atom. The highest BCUT2D eigenvalue weighted by molar-refractivity contribution is 6.31. The van der Waals surface area contributed by atoms with Crippen LogP contribution in [0.1, 0.15) is 54.6 Å². The molecule has 1 heterocycles. The second kappa shape index (κ2) is 20.5. The number of carbonyl (C=O) groups is 3. The minimum absolute atomic E-state index is 0.0643. The summed E-state index contributed by atoms with van der Waals surface area (Å²) in [5.41, 5.74) is 17.9. The maximum Gasteiger partial charge on any atom is 0.406 e. The first-order chi connectivity index (χ1) is 21.2. The van der Waals surface area contributed by atoms with Gasteiger partial charge in [-0.1, -0.05) is 30.2 Å². The highest BCUT2D eigenvalue weighted by Gasteiger charge is 2.16. The van der Waals surface area contributed by atoms with Crippen LogP contribution in [0, 0.1) is 0 Å². The molecule has 0 saturated heterocycles. The third kappa shape index (κ3) is 14.7. The third-order valence-electron chi connectivity index (χ3n) is 5.94. The number of benzene rings is 1. The van der Waals surface area contributed by atoms with Gasteiger partial charge in [-0.05, 0) is 49.8 Å². The van der Waals surface area contributed by atoms with Crippen molar-refractivity contribution in [2.45, 2.75) is 44.9 Å². The fourth-order valence-corrected chi connectivity index (χ4v) is 3.78. The summed E-state index contributed by atoms with van der Waals surface area (Å²) in [4.78, 5) is 46.6. The molecule has 0 spiro atoms. The van der Waals surface area contributed by atoms with Crippen molar-refractivity contribution in [1.82, 2.24) is 20.6 Å². The van der Waals surface area contributed by atoms with Crippen LogP contribution in [0.15, 0.2) is 29.3 Å². The van der Waals surface area contributed by atoms with Crippen molar-refractivity contribution >= 4 is 47.2 Å². The second-order valence-electron chi connectivity index (χ2n) is 9.37. The summed E-state index contributed by atoms with van der Waals surface area (Å²) in [6.45, 7) is 2.15. The molecule has 2 amide bonds. The van der Waals surface area contributed by atoms with Crippen molar-refractivity contribution < 1.29 is 33.3 Å². The molecule has 242 valence electrons. The molecule has 0 unspecified atom stereocenters. The van der Waals surface area contributed by atoms with Gasteiger partial charge in [0, 0.05) is 19.5 Å². The van der Waals surface area contributed by atoms with Crippen LogP contribution < -0.4 is 32.6 Å². The van der Waals surface area contributed by atoms with Crippen LogP contribution in [0.3, 0.4) is 0 Å². The average Bonchev–Trinajstić information content (AvgIpc) is 3.00. The number of nitrogens with zero attached hydrogens (tertiary/aromatic N) is 3. The molecule has 2 rings (SSSR count).